The van der Waals surface area contributed by atoms with Gasteiger partial charge in [0.25, 0.3) is 0 Å². The molecule has 0 aliphatic carbocycles. The molecule has 20 heavy (non-hydrogen) atoms. The van der Waals surface area contributed by atoms with Crippen molar-refractivity contribution in [3.8, 4) is 5.75 Å². The molecule has 0 bridgehead atoms. The number of thioether (sulfide) groups is 1. The van der Waals surface area contributed by atoms with Crippen molar-refractivity contribution in [3.05, 3.63) is 42.0 Å². The molecule has 2 atom stereocenters. The van der Waals surface area contributed by atoms with Crippen molar-refractivity contribution in [1.29, 1.82) is 0 Å². The van der Waals surface area contributed by atoms with Crippen molar-refractivity contribution in [1.82, 2.24) is 0 Å². The molecule has 0 spiro atoms. The minimum absolute atomic E-state index is 0.221. The summed E-state index contributed by atoms with van der Waals surface area (Å²) >= 11 is 2.04. The van der Waals surface area contributed by atoms with Crippen LogP contribution in [0, 0.1) is 0 Å². The number of hydrogen-bond donors (Lipinski definition) is 0. The van der Waals surface area contributed by atoms with E-state index in [2.05, 4.69) is 36.4 Å². The Kier molecular flexibility index (Phi) is 4.18. The summed E-state index contributed by atoms with van der Waals surface area (Å²) < 4.78 is 11.2. The zero-order valence-corrected chi connectivity index (χ0v) is 12.8. The lowest BCUT2D eigenvalue weighted by atomic mass is 9.99. The molecule has 1 aliphatic rings. The molecule has 0 aromatic heterocycles. The topological polar surface area (TPSA) is 18.5 Å². The zero-order valence-electron chi connectivity index (χ0n) is 12.0. The van der Waals surface area contributed by atoms with E-state index in [0.717, 1.165) is 5.75 Å². The Hall–Kier alpha value is -1.19. The number of ether oxygens (including phenoxy) is 2. The molecular formula is C17H20O2S. The van der Waals surface area contributed by atoms with Crippen molar-refractivity contribution in [2.75, 3.05) is 12.9 Å². The van der Waals surface area contributed by atoms with Crippen molar-refractivity contribution >= 4 is 22.5 Å². The summed E-state index contributed by atoms with van der Waals surface area (Å²) in [5.74, 6) is 2.21. The van der Waals surface area contributed by atoms with Crippen LogP contribution in [0.3, 0.4) is 0 Å². The third-order valence-electron chi connectivity index (χ3n) is 3.81. The molecule has 0 radical (unpaired) electrons. The molecular weight excluding hydrogens is 268 g/mol. The van der Waals surface area contributed by atoms with E-state index >= 15 is 0 Å². The Morgan fingerprint density at radius 1 is 1.20 bits per heavy atom. The molecule has 2 unspecified atom stereocenters. The fourth-order valence-electron chi connectivity index (χ4n) is 2.74. The highest BCUT2D eigenvalue weighted by Gasteiger charge is 2.24. The molecule has 1 saturated heterocycles. The number of fused-ring (bicyclic) bond motifs is 1. The van der Waals surface area contributed by atoms with Crippen LogP contribution in [-0.4, -0.2) is 19.2 Å². The summed E-state index contributed by atoms with van der Waals surface area (Å²) in [7, 11) is 1.68. The summed E-state index contributed by atoms with van der Waals surface area (Å²) in [6, 6.07) is 12.8. The standard InChI is InChI=1S/C17H20O2S/c1-12(18-2)19-15-10-9-13-6-3-4-7-14(13)17(15)16-8-5-11-20-16/h3-4,6-7,9-10,12,16H,5,8,11H2,1-2H3. The first kappa shape index (κ1) is 13.8. The van der Waals surface area contributed by atoms with Crippen LogP contribution in [-0.2, 0) is 4.74 Å². The first-order valence-corrected chi connectivity index (χ1v) is 8.17. The Morgan fingerprint density at radius 2 is 2.05 bits per heavy atom. The Labute approximate surface area is 124 Å². The Bertz CT molecular complexity index is 591. The van der Waals surface area contributed by atoms with E-state index in [4.69, 9.17) is 9.47 Å². The number of benzene rings is 2. The molecule has 1 fully saturated rings. The molecule has 0 saturated carbocycles. The van der Waals surface area contributed by atoms with Gasteiger partial charge in [-0.1, -0.05) is 30.3 Å². The van der Waals surface area contributed by atoms with Crippen LogP contribution in [0.2, 0.25) is 0 Å². The van der Waals surface area contributed by atoms with Crippen LogP contribution >= 0.6 is 11.8 Å². The van der Waals surface area contributed by atoms with Gasteiger partial charge < -0.3 is 9.47 Å². The maximum Gasteiger partial charge on any atom is 0.196 e. The fourth-order valence-corrected chi connectivity index (χ4v) is 4.10. The highest BCUT2D eigenvalue weighted by atomic mass is 32.2. The van der Waals surface area contributed by atoms with Crippen LogP contribution in [0.4, 0.5) is 0 Å². The van der Waals surface area contributed by atoms with Crippen molar-refractivity contribution in [2.45, 2.75) is 31.3 Å². The fraction of sp³-hybridized carbons (Fsp3) is 0.412. The molecule has 2 aromatic carbocycles. The number of methoxy groups -OCH3 is 1. The van der Waals surface area contributed by atoms with Gasteiger partial charge in [0.15, 0.2) is 6.29 Å². The minimum Gasteiger partial charge on any atom is -0.465 e. The van der Waals surface area contributed by atoms with E-state index in [9.17, 15) is 0 Å². The van der Waals surface area contributed by atoms with E-state index in [1.807, 2.05) is 18.7 Å². The van der Waals surface area contributed by atoms with Crippen molar-refractivity contribution in [2.24, 2.45) is 0 Å². The third-order valence-corrected chi connectivity index (χ3v) is 5.21. The van der Waals surface area contributed by atoms with Crippen LogP contribution < -0.4 is 4.74 Å². The smallest absolute Gasteiger partial charge is 0.196 e. The first-order valence-electron chi connectivity index (χ1n) is 7.12. The van der Waals surface area contributed by atoms with Gasteiger partial charge in [-0.25, -0.2) is 0 Å². The number of rotatable bonds is 4. The summed E-state index contributed by atoms with van der Waals surface area (Å²) in [5, 5.41) is 3.14. The lowest BCUT2D eigenvalue weighted by molar-refractivity contribution is -0.0387. The largest absolute Gasteiger partial charge is 0.465 e. The van der Waals surface area contributed by atoms with Gasteiger partial charge in [0.1, 0.15) is 5.75 Å². The van der Waals surface area contributed by atoms with E-state index in [0.29, 0.717) is 5.25 Å². The molecule has 1 aliphatic heterocycles. The normalized spacial score (nSPS) is 20.2. The summed E-state index contributed by atoms with van der Waals surface area (Å²) in [5.41, 5.74) is 1.34. The van der Waals surface area contributed by atoms with Gasteiger partial charge in [0, 0.05) is 17.9 Å². The van der Waals surface area contributed by atoms with Crippen molar-refractivity contribution in [3.63, 3.8) is 0 Å². The predicted octanol–water partition coefficient (Wildman–Crippen LogP) is 4.78. The Morgan fingerprint density at radius 3 is 2.80 bits per heavy atom. The molecule has 106 valence electrons. The van der Waals surface area contributed by atoms with Gasteiger partial charge in [0.2, 0.25) is 0 Å². The Balaban J connectivity index is 2.10. The highest BCUT2D eigenvalue weighted by Crippen LogP contribution is 2.46. The lowest BCUT2D eigenvalue weighted by Crippen LogP contribution is -2.15. The molecule has 2 nitrogen and oxygen atoms in total. The highest BCUT2D eigenvalue weighted by molar-refractivity contribution is 7.99. The van der Waals surface area contributed by atoms with Crippen LogP contribution in [0.25, 0.3) is 10.8 Å². The van der Waals surface area contributed by atoms with Gasteiger partial charge in [0.05, 0.1) is 0 Å². The van der Waals surface area contributed by atoms with Crippen LogP contribution in [0.1, 0.15) is 30.6 Å². The second kappa shape index (κ2) is 6.06. The number of hydrogen-bond acceptors (Lipinski definition) is 3. The maximum atomic E-state index is 5.98. The SMILES string of the molecule is COC(C)Oc1ccc2ccccc2c1C1CCCS1. The van der Waals surface area contributed by atoms with E-state index < -0.39 is 0 Å². The lowest BCUT2D eigenvalue weighted by Gasteiger charge is -2.21. The second-order valence-electron chi connectivity index (χ2n) is 5.12. The molecule has 1 heterocycles. The van der Waals surface area contributed by atoms with Crippen LogP contribution in [0.15, 0.2) is 36.4 Å². The first-order chi connectivity index (χ1) is 9.79. The van der Waals surface area contributed by atoms with E-state index in [1.165, 1.54) is 34.9 Å². The maximum absolute atomic E-state index is 5.98. The quantitative estimate of drug-likeness (QED) is 0.754. The summed E-state index contributed by atoms with van der Waals surface area (Å²) in [6.07, 6.45) is 2.30. The molecule has 0 amide bonds. The molecule has 0 N–H and O–H groups in total. The van der Waals surface area contributed by atoms with Crippen molar-refractivity contribution < 1.29 is 9.47 Å². The van der Waals surface area contributed by atoms with Gasteiger partial charge >= 0.3 is 0 Å². The minimum atomic E-state index is -0.221. The average molecular weight is 288 g/mol. The third kappa shape index (κ3) is 2.65. The predicted molar refractivity (Wildman–Crippen MR) is 85.5 cm³/mol. The van der Waals surface area contributed by atoms with Gasteiger partial charge in [-0.3, -0.25) is 0 Å². The van der Waals surface area contributed by atoms with Gasteiger partial charge in [-0.05, 0) is 42.4 Å². The van der Waals surface area contributed by atoms with Crippen LogP contribution in [0.5, 0.6) is 5.75 Å². The summed E-state index contributed by atoms with van der Waals surface area (Å²) in [6.45, 7) is 1.93. The van der Waals surface area contributed by atoms with Gasteiger partial charge in [-0.15, -0.1) is 0 Å². The molecule has 3 heteroatoms. The van der Waals surface area contributed by atoms with Gasteiger partial charge in [-0.2, -0.15) is 11.8 Å². The molecule has 3 rings (SSSR count). The average Bonchev–Trinajstić information content (AvgIpc) is 3.00. The monoisotopic (exact) mass is 288 g/mol. The van der Waals surface area contributed by atoms with E-state index in [1.54, 1.807) is 7.11 Å². The van der Waals surface area contributed by atoms with E-state index in [-0.39, 0.29) is 6.29 Å². The zero-order chi connectivity index (χ0) is 13.9. The summed E-state index contributed by atoms with van der Waals surface area (Å²) in [4.78, 5) is 0. The molecule has 2 aromatic rings. The second-order valence-corrected chi connectivity index (χ2v) is 6.43.